The zero-order chi connectivity index (χ0) is 12.1. The second-order valence-corrected chi connectivity index (χ2v) is 4.90. The molecule has 2 aromatic heterocycles. The summed E-state index contributed by atoms with van der Waals surface area (Å²) < 4.78 is 4.57. The van der Waals surface area contributed by atoms with Crippen molar-refractivity contribution in [1.82, 2.24) is 14.0 Å². The van der Waals surface area contributed by atoms with Crippen LogP contribution in [0.25, 0.3) is 16.8 Å². The Bertz CT molecular complexity index is 774. The van der Waals surface area contributed by atoms with Crippen molar-refractivity contribution in [2.24, 2.45) is 7.05 Å². The molecule has 0 aliphatic heterocycles. The fourth-order valence-electron chi connectivity index (χ4n) is 3.00. The number of benzene rings is 1. The predicted molar refractivity (Wildman–Crippen MR) is 72.8 cm³/mol. The van der Waals surface area contributed by atoms with E-state index < -0.39 is 0 Å². The Morgan fingerprint density at radius 2 is 2.00 bits per heavy atom. The first-order valence-electron chi connectivity index (χ1n) is 6.45. The van der Waals surface area contributed by atoms with Crippen LogP contribution in [0, 0.1) is 0 Å². The van der Waals surface area contributed by atoms with Crippen molar-refractivity contribution in [1.29, 1.82) is 0 Å². The van der Waals surface area contributed by atoms with E-state index in [0.717, 1.165) is 30.6 Å². The Morgan fingerprint density at radius 3 is 2.94 bits per heavy atom. The molecule has 0 atom stereocenters. The number of fused-ring (bicyclic) bond motifs is 5. The van der Waals surface area contributed by atoms with Gasteiger partial charge in [-0.25, -0.2) is 4.98 Å². The molecule has 0 saturated heterocycles. The van der Waals surface area contributed by atoms with E-state index in [0.29, 0.717) is 0 Å². The smallest absolute Gasteiger partial charge is 0.215 e. The summed E-state index contributed by atoms with van der Waals surface area (Å²) in [6.07, 6.45) is 7.81. The molecule has 4 rings (SSSR count). The van der Waals surface area contributed by atoms with Crippen molar-refractivity contribution in [3.8, 4) is 0 Å². The third kappa shape index (κ3) is 1.16. The van der Waals surface area contributed by atoms with Gasteiger partial charge >= 0.3 is 0 Å². The van der Waals surface area contributed by atoms with Crippen molar-refractivity contribution in [2.75, 3.05) is 0 Å². The van der Waals surface area contributed by atoms with Gasteiger partial charge in [-0.05, 0) is 25.0 Å². The van der Waals surface area contributed by atoms with Gasteiger partial charge < -0.3 is 4.57 Å². The van der Waals surface area contributed by atoms with Gasteiger partial charge in [0.25, 0.3) is 0 Å². The molecule has 3 aromatic rings. The molecule has 0 fully saturated rings. The number of rotatable bonds is 0. The van der Waals surface area contributed by atoms with E-state index in [1.807, 2.05) is 6.07 Å². The summed E-state index contributed by atoms with van der Waals surface area (Å²) in [5.41, 5.74) is 5.13. The molecule has 0 amide bonds. The molecule has 0 N–H and O–H groups in total. The number of hydrogen-bond donors (Lipinski definition) is 0. The number of allylic oxidation sites excluding steroid dienone is 2. The molecule has 0 spiro atoms. The Kier molecular flexibility index (Phi) is 1.92. The summed E-state index contributed by atoms with van der Waals surface area (Å²) in [4.78, 5) is 4.75. The van der Waals surface area contributed by atoms with Crippen LogP contribution in [0.5, 0.6) is 0 Å². The molecule has 0 unspecified atom stereocenters. The fourth-order valence-corrected chi connectivity index (χ4v) is 3.00. The van der Waals surface area contributed by atoms with E-state index in [1.54, 1.807) is 0 Å². The predicted octanol–water partition coefficient (Wildman–Crippen LogP) is 2.87. The minimum Gasteiger partial charge on any atom is -0.317 e. The van der Waals surface area contributed by atoms with Gasteiger partial charge in [0.05, 0.1) is 11.0 Å². The van der Waals surface area contributed by atoms with Crippen LogP contribution in [0.3, 0.4) is 0 Å². The second kappa shape index (κ2) is 3.48. The summed E-state index contributed by atoms with van der Waals surface area (Å²) >= 11 is 0. The summed E-state index contributed by atoms with van der Waals surface area (Å²) in [7, 11) is 2.13. The summed E-state index contributed by atoms with van der Waals surface area (Å²) in [5, 5.41) is 0. The van der Waals surface area contributed by atoms with Crippen molar-refractivity contribution in [2.45, 2.75) is 19.3 Å². The topological polar surface area (TPSA) is 22.2 Å². The quantitative estimate of drug-likeness (QED) is 0.551. The van der Waals surface area contributed by atoms with Gasteiger partial charge in [-0.1, -0.05) is 24.3 Å². The van der Waals surface area contributed by atoms with Gasteiger partial charge in [0.15, 0.2) is 0 Å². The van der Waals surface area contributed by atoms with Gasteiger partial charge in [0.2, 0.25) is 5.78 Å². The third-order valence-electron chi connectivity index (χ3n) is 3.88. The summed E-state index contributed by atoms with van der Waals surface area (Å²) in [5.74, 6) is 1.07. The minimum atomic E-state index is 1.01. The molecule has 90 valence electrons. The SMILES string of the molecule is Cn1c2c(n3c4ccccc4nc13)CC=CCC2. The third-order valence-corrected chi connectivity index (χ3v) is 3.88. The fraction of sp³-hybridized carbons (Fsp3) is 0.267. The molecule has 3 nitrogen and oxygen atoms in total. The zero-order valence-corrected chi connectivity index (χ0v) is 10.4. The highest BCUT2D eigenvalue weighted by Crippen LogP contribution is 2.25. The molecule has 1 aliphatic rings. The Morgan fingerprint density at radius 1 is 1.11 bits per heavy atom. The highest BCUT2D eigenvalue weighted by Gasteiger charge is 2.18. The normalized spacial score (nSPS) is 15.2. The number of nitrogens with zero attached hydrogens (tertiary/aromatic N) is 3. The number of aryl methyl sites for hydroxylation is 1. The maximum absolute atomic E-state index is 4.75. The van der Waals surface area contributed by atoms with E-state index in [9.17, 15) is 0 Å². The Balaban J connectivity index is 2.19. The molecule has 1 aliphatic carbocycles. The monoisotopic (exact) mass is 237 g/mol. The molecule has 2 heterocycles. The first kappa shape index (κ1) is 9.95. The average Bonchev–Trinajstić information content (AvgIpc) is 2.76. The molecule has 3 heteroatoms. The second-order valence-electron chi connectivity index (χ2n) is 4.90. The molecule has 0 saturated carbocycles. The van der Waals surface area contributed by atoms with Crippen LogP contribution < -0.4 is 0 Å². The molecular weight excluding hydrogens is 222 g/mol. The largest absolute Gasteiger partial charge is 0.317 e. The van der Waals surface area contributed by atoms with E-state index in [-0.39, 0.29) is 0 Å². The summed E-state index contributed by atoms with van der Waals surface area (Å²) in [6.45, 7) is 0. The first-order valence-corrected chi connectivity index (χ1v) is 6.45. The van der Waals surface area contributed by atoms with Crippen LogP contribution in [0.4, 0.5) is 0 Å². The summed E-state index contributed by atoms with van der Waals surface area (Å²) in [6, 6.07) is 8.38. The highest BCUT2D eigenvalue weighted by atomic mass is 15.2. The average molecular weight is 237 g/mol. The molecule has 18 heavy (non-hydrogen) atoms. The number of para-hydroxylation sites is 2. The Hall–Kier alpha value is -2.03. The van der Waals surface area contributed by atoms with Crippen LogP contribution in [-0.4, -0.2) is 14.0 Å². The molecule has 1 aromatic carbocycles. The standard InChI is InChI=1S/C15H15N3/c1-17-13-9-3-2-4-10-14(13)18-12-8-6-5-7-11(12)16-15(17)18/h2,4-8H,3,9-10H2,1H3. The lowest BCUT2D eigenvalue weighted by molar-refractivity contribution is 0.821. The van der Waals surface area contributed by atoms with Crippen LogP contribution in [0.15, 0.2) is 36.4 Å². The first-order chi connectivity index (χ1) is 8.86. The van der Waals surface area contributed by atoms with E-state index in [1.165, 1.54) is 16.9 Å². The van der Waals surface area contributed by atoms with Crippen molar-refractivity contribution in [3.05, 3.63) is 47.8 Å². The number of aromatic nitrogens is 3. The minimum absolute atomic E-state index is 1.01. The van der Waals surface area contributed by atoms with Gasteiger partial charge in [0, 0.05) is 24.9 Å². The van der Waals surface area contributed by atoms with Crippen molar-refractivity contribution < 1.29 is 0 Å². The zero-order valence-electron chi connectivity index (χ0n) is 10.4. The van der Waals surface area contributed by atoms with Gasteiger partial charge in [-0.15, -0.1) is 0 Å². The van der Waals surface area contributed by atoms with Crippen LogP contribution in [0.1, 0.15) is 17.8 Å². The van der Waals surface area contributed by atoms with Gasteiger partial charge in [-0.3, -0.25) is 4.40 Å². The van der Waals surface area contributed by atoms with Gasteiger partial charge in [0.1, 0.15) is 0 Å². The molecular formula is C15H15N3. The number of hydrogen-bond acceptors (Lipinski definition) is 1. The Labute approximate surface area is 105 Å². The van der Waals surface area contributed by atoms with Crippen LogP contribution in [-0.2, 0) is 19.9 Å². The lowest BCUT2D eigenvalue weighted by atomic mass is 10.2. The van der Waals surface area contributed by atoms with E-state index in [2.05, 4.69) is 46.4 Å². The van der Waals surface area contributed by atoms with Crippen LogP contribution >= 0.6 is 0 Å². The van der Waals surface area contributed by atoms with Crippen molar-refractivity contribution in [3.63, 3.8) is 0 Å². The van der Waals surface area contributed by atoms with Gasteiger partial charge in [-0.2, -0.15) is 0 Å². The molecule has 0 radical (unpaired) electrons. The highest BCUT2D eigenvalue weighted by molar-refractivity contribution is 5.80. The maximum atomic E-state index is 4.75. The molecule has 0 bridgehead atoms. The van der Waals surface area contributed by atoms with E-state index >= 15 is 0 Å². The van der Waals surface area contributed by atoms with Crippen molar-refractivity contribution >= 4 is 16.8 Å². The lowest BCUT2D eigenvalue weighted by Crippen LogP contribution is -1.98. The lowest BCUT2D eigenvalue weighted by Gasteiger charge is -2.02. The number of imidazole rings is 2. The van der Waals surface area contributed by atoms with Crippen LogP contribution in [0.2, 0.25) is 0 Å². The maximum Gasteiger partial charge on any atom is 0.215 e. The van der Waals surface area contributed by atoms with E-state index in [4.69, 9.17) is 4.98 Å².